The number of hydrogen-bond acceptors (Lipinski definition) is 3. The molecule has 0 bridgehead atoms. The molecule has 0 aromatic rings. The van der Waals surface area contributed by atoms with Gasteiger partial charge in [0.05, 0.1) is 0 Å². The Kier molecular flexibility index (Phi) is 5.76. The summed E-state index contributed by atoms with van der Waals surface area (Å²) in [7, 11) is 0. The summed E-state index contributed by atoms with van der Waals surface area (Å²) in [5.41, 5.74) is 0.624. The highest BCUT2D eigenvalue weighted by Crippen LogP contribution is 2.21. The molecular weight excluding hydrogens is 188 g/mol. The van der Waals surface area contributed by atoms with E-state index in [-0.39, 0.29) is 5.12 Å². The maximum absolute atomic E-state index is 11.2. The lowest BCUT2D eigenvalue weighted by Gasteiger charge is -2.11. The standard InChI is InChI=1S/C9H16OS2/c1-6(2)9(10)12-8(4)5-7(3)11/h7-8,11H,1,5H2,2-4H3. The van der Waals surface area contributed by atoms with E-state index >= 15 is 0 Å². The van der Waals surface area contributed by atoms with Crippen LogP contribution in [0.15, 0.2) is 12.2 Å². The van der Waals surface area contributed by atoms with Gasteiger partial charge in [-0.2, -0.15) is 12.6 Å². The van der Waals surface area contributed by atoms with Gasteiger partial charge in [0.15, 0.2) is 0 Å². The van der Waals surface area contributed by atoms with Gasteiger partial charge in [-0.15, -0.1) is 0 Å². The zero-order chi connectivity index (χ0) is 9.72. The van der Waals surface area contributed by atoms with E-state index in [2.05, 4.69) is 19.2 Å². The number of thioether (sulfide) groups is 1. The second kappa shape index (κ2) is 5.70. The molecule has 0 rings (SSSR count). The Hall–Kier alpha value is 0.110. The van der Waals surface area contributed by atoms with Gasteiger partial charge in [-0.25, -0.2) is 0 Å². The fraction of sp³-hybridized carbons (Fsp3) is 0.667. The minimum Gasteiger partial charge on any atom is -0.282 e. The van der Waals surface area contributed by atoms with Gasteiger partial charge in [0, 0.05) is 5.25 Å². The van der Waals surface area contributed by atoms with Crippen LogP contribution in [0.25, 0.3) is 0 Å². The van der Waals surface area contributed by atoms with Crippen molar-refractivity contribution < 1.29 is 4.79 Å². The van der Waals surface area contributed by atoms with Crippen LogP contribution in [0.1, 0.15) is 27.2 Å². The average Bonchev–Trinajstić information content (AvgIpc) is 1.84. The van der Waals surface area contributed by atoms with Gasteiger partial charge in [-0.05, 0) is 24.2 Å². The summed E-state index contributed by atoms with van der Waals surface area (Å²) in [6.07, 6.45) is 0.951. The van der Waals surface area contributed by atoms with E-state index in [0.717, 1.165) is 6.42 Å². The van der Waals surface area contributed by atoms with Crippen molar-refractivity contribution >= 4 is 29.5 Å². The quantitative estimate of drug-likeness (QED) is 0.560. The highest BCUT2D eigenvalue weighted by Gasteiger charge is 2.11. The lowest BCUT2D eigenvalue weighted by atomic mass is 10.3. The highest BCUT2D eigenvalue weighted by atomic mass is 32.2. The fourth-order valence-electron chi connectivity index (χ4n) is 0.812. The molecule has 12 heavy (non-hydrogen) atoms. The summed E-state index contributed by atoms with van der Waals surface area (Å²) in [5.74, 6) is 0. The van der Waals surface area contributed by atoms with Crippen LogP contribution >= 0.6 is 24.4 Å². The Labute approximate surface area is 84.4 Å². The Bertz CT molecular complexity index is 175. The third kappa shape index (κ3) is 5.72. The minimum absolute atomic E-state index is 0.0940. The lowest BCUT2D eigenvalue weighted by molar-refractivity contribution is -0.107. The average molecular weight is 204 g/mol. The fourth-order valence-corrected chi connectivity index (χ4v) is 2.22. The molecule has 0 N–H and O–H groups in total. The van der Waals surface area contributed by atoms with Gasteiger partial charge >= 0.3 is 0 Å². The third-order valence-corrected chi connectivity index (χ3v) is 2.70. The van der Waals surface area contributed by atoms with Crippen LogP contribution < -0.4 is 0 Å². The maximum atomic E-state index is 11.2. The molecule has 0 aromatic heterocycles. The molecule has 1 nitrogen and oxygen atoms in total. The van der Waals surface area contributed by atoms with E-state index < -0.39 is 0 Å². The summed E-state index contributed by atoms with van der Waals surface area (Å²) < 4.78 is 0. The molecule has 0 amide bonds. The van der Waals surface area contributed by atoms with Crippen LogP contribution in [0.4, 0.5) is 0 Å². The molecule has 0 aromatic carbocycles. The smallest absolute Gasteiger partial charge is 0.214 e. The number of carbonyl (C=O) groups excluding carboxylic acids is 1. The zero-order valence-electron chi connectivity index (χ0n) is 7.83. The van der Waals surface area contributed by atoms with Crippen LogP contribution in [0.3, 0.4) is 0 Å². The van der Waals surface area contributed by atoms with Crippen molar-refractivity contribution in [2.24, 2.45) is 0 Å². The SMILES string of the molecule is C=C(C)C(=O)SC(C)CC(C)S. The molecule has 2 unspecified atom stereocenters. The summed E-state index contributed by atoms with van der Waals surface area (Å²) in [5, 5.41) is 0.781. The predicted molar refractivity (Wildman–Crippen MR) is 59.9 cm³/mol. The lowest BCUT2D eigenvalue weighted by Crippen LogP contribution is -2.07. The van der Waals surface area contributed by atoms with Crippen LogP contribution in [0.2, 0.25) is 0 Å². The normalized spacial score (nSPS) is 15.3. The van der Waals surface area contributed by atoms with Crippen LogP contribution in [0.5, 0.6) is 0 Å². The molecule has 0 heterocycles. The molecule has 0 radical (unpaired) electrons. The molecule has 0 aliphatic heterocycles. The highest BCUT2D eigenvalue weighted by molar-refractivity contribution is 8.14. The number of thiol groups is 1. The van der Waals surface area contributed by atoms with E-state index in [1.807, 2.05) is 13.8 Å². The minimum atomic E-state index is 0.0940. The number of rotatable bonds is 4. The first-order valence-electron chi connectivity index (χ1n) is 3.98. The van der Waals surface area contributed by atoms with Crippen molar-refractivity contribution in [3.8, 4) is 0 Å². The molecule has 0 saturated carbocycles. The first-order chi connectivity index (χ1) is 5.43. The van der Waals surface area contributed by atoms with E-state index in [0.29, 0.717) is 16.1 Å². The molecule has 3 heteroatoms. The Morgan fingerprint density at radius 3 is 2.42 bits per heavy atom. The summed E-state index contributed by atoms with van der Waals surface area (Å²) in [6, 6.07) is 0. The van der Waals surface area contributed by atoms with Crippen LogP contribution in [-0.4, -0.2) is 15.6 Å². The summed E-state index contributed by atoms with van der Waals surface area (Å²) >= 11 is 5.61. The second-order valence-electron chi connectivity index (χ2n) is 3.08. The van der Waals surface area contributed by atoms with Crippen molar-refractivity contribution in [1.82, 2.24) is 0 Å². The van der Waals surface area contributed by atoms with Gasteiger partial charge in [-0.1, -0.05) is 32.2 Å². The Balaban J connectivity index is 3.76. The Morgan fingerprint density at radius 2 is 2.08 bits per heavy atom. The van der Waals surface area contributed by atoms with Crippen molar-refractivity contribution in [3.63, 3.8) is 0 Å². The second-order valence-corrected chi connectivity index (χ2v) is 5.37. The van der Waals surface area contributed by atoms with Crippen molar-refractivity contribution in [1.29, 1.82) is 0 Å². The third-order valence-electron chi connectivity index (χ3n) is 1.33. The molecule has 0 spiro atoms. The largest absolute Gasteiger partial charge is 0.282 e. The van der Waals surface area contributed by atoms with Gasteiger partial charge < -0.3 is 0 Å². The van der Waals surface area contributed by atoms with E-state index in [9.17, 15) is 4.79 Å². The van der Waals surface area contributed by atoms with E-state index in [1.165, 1.54) is 11.8 Å². The van der Waals surface area contributed by atoms with Crippen LogP contribution in [-0.2, 0) is 4.79 Å². The topological polar surface area (TPSA) is 17.1 Å². The molecular formula is C9H16OS2. The predicted octanol–water partition coefficient (Wildman–Crippen LogP) is 2.92. The van der Waals surface area contributed by atoms with Crippen molar-refractivity contribution in [3.05, 3.63) is 12.2 Å². The first-order valence-corrected chi connectivity index (χ1v) is 5.37. The van der Waals surface area contributed by atoms with Gasteiger partial charge in [0.1, 0.15) is 0 Å². The van der Waals surface area contributed by atoms with E-state index in [4.69, 9.17) is 0 Å². The maximum Gasteiger partial charge on any atom is 0.214 e. The first kappa shape index (κ1) is 12.1. The molecule has 0 saturated heterocycles. The number of carbonyl (C=O) groups is 1. The van der Waals surface area contributed by atoms with Gasteiger partial charge in [0.25, 0.3) is 0 Å². The monoisotopic (exact) mass is 204 g/mol. The number of hydrogen-bond donors (Lipinski definition) is 1. The van der Waals surface area contributed by atoms with Gasteiger partial charge in [-0.3, -0.25) is 4.79 Å². The van der Waals surface area contributed by atoms with Crippen molar-refractivity contribution in [2.75, 3.05) is 0 Å². The summed E-state index contributed by atoms with van der Waals surface area (Å²) in [4.78, 5) is 11.2. The van der Waals surface area contributed by atoms with E-state index in [1.54, 1.807) is 6.92 Å². The molecule has 0 fully saturated rings. The van der Waals surface area contributed by atoms with Crippen molar-refractivity contribution in [2.45, 2.75) is 37.7 Å². The van der Waals surface area contributed by atoms with Gasteiger partial charge in [0.2, 0.25) is 5.12 Å². The van der Waals surface area contributed by atoms with Crippen LogP contribution in [0, 0.1) is 0 Å². The zero-order valence-corrected chi connectivity index (χ0v) is 9.54. The Morgan fingerprint density at radius 1 is 1.58 bits per heavy atom. The molecule has 0 aliphatic carbocycles. The summed E-state index contributed by atoms with van der Waals surface area (Å²) in [6.45, 7) is 9.41. The molecule has 0 aliphatic rings. The molecule has 70 valence electrons. The molecule has 2 atom stereocenters.